The zero-order chi connectivity index (χ0) is 18.4. The highest BCUT2D eigenvalue weighted by atomic mass is 35.5. The first kappa shape index (κ1) is 18.8. The maximum atomic E-state index is 12.1. The van der Waals surface area contributed by atoms with Crippen molar-refractivity contribution in [2.24, 2.45) is 0 Å². The molecule has 0 heterocycles. The number of ether oxygens (including phenoxy) is 1. The number of nitro benzene ring substituents is 1. The zero-order valence-electron chi connectivity index (χ0n) is 13.0. The second-order valence-corrected chi connectivity index (χ2v) is 5.79. The third kappa shape index (κ3) is 4.95. The molecule has 0 atom stereocenters. The molecule has 2 aromatic rings. The Labute approximate surface area is 154 Å². The summed E-state index contributed by atoms with van der Waals surface area (Å²) in [7, 11) is 0. The summed E-state index contributed by atoms with van der Waals surface area (Å²) in [5.41, 5.74) is 0.804. The number of rotatable bonds is 7. The van der Waals surface area contributed by atoms with Crippen LogP contribution in [0, 0.1) is 10.1 Å². The molecular weight excluding hydrogens is 367 g/mol. The molecule has 25 heavy (non-hydrogen) atoms. The standard InChI is InChI=1S/C17H14Cl2N2O4/c1-2-4-11-9-12(21(23)24)7-8-15(11)25-10-16(22)20-17-13(18)5-3-6-14(17)19/h2-3,5-9H,1,4,10H2,(H,20,22). The molecule has 2 rings (SSSR count). The van der Waals surface area contributed by atoms with Gasteiger partial charge in [0.05, 0.1) is 20.7 Å². The second-order valence-electron chi connectivity index (χ2n) is 4.98. The van der Waals surface area contributed by atoms with Crippen molar-refractivity contribution < 1.29 is 14.5 Å². The van der Waals surface area contributed by atoms with Crippen LogP contribution in [0.5, 0.6) is 5.75 Å². The van der Waals surface area contributed by atoms with E-state index in [1.807, 2.05) is 0 Å². The number of benzene rings is 2. The largest absolute Gasteiger partial charge is 0.483 e. The van der Waals surface area contributed by atoms with Gasteiger partial charge in [-0.2, -0.15) is 0 Å². The van der Waals surface area contributed by atoms with Gasteiger partial charge in [0, 0.05) is 17.7 Å². The first-order valence-electron chi connectivity index (χ1n) is 7.17. The minimum Gasteiger partial charge on any atom is -0.483 e. The lowest BCUT2D eigenvalue weighted by Gasteiger charge is -2.12. The minimum atomic E-state index is -0.498. The highest BCUT2D eigenvalue weighted by Gasteiger charge is 2.14. The number of amides is 1. The quantitative estimate of drug-likeness (QED) is 0.430. The number of allylic oxidation sites excluding steroid dienone is 1. The lowest BCUT2D eigenvalue weighted by atomic mass is 10.1. The molecule has 130 valence electrons. The lowest BCUT2D eigenvalue weighted by Crippen LogP contribution is -2.21. The Kier molecular flexibility index (Phi) is 6.38. The third-order valence-corrected chi connectivity index (χ3v) is 3.84. The van der Waals surface area contributed by atoms with Crippen LogP contribution in [0.1, 0.15) is 5.56 Å². The molecule has 0 spiro atoms. The number of anilines is 1. The summed E-state index contributed by atoms with van der Waals surface area (Å²) in [5, 5.41) is 14.0. The summed E-state index contributed by atoms with van der Waals surface area (Å²) in [4.78, 5) is 22.4. The fourth-order valence-corrected chi connectivity index (χ4v) is 2.56. The van der Waals surface area contributed by atoms with E-state index in [9.17, 15) is 14.9 Å². The summed E-state index contributed by atoms with van der Waals surface area (Å²) in [6.45, 7) is 3.31. The first-order chi connectivity index (χ1) is 11.9. The SMILES string of the molecule is C=CCc1cc([N+](=O)[O-])ccc1OCC(=O)Nc1c(Cl)cccc1Cl. The molecule has 0 aliphatic carbocycles. The fraction of sp³-hybridized carbons (Fsp3) is 0.118. The highest BCUT2D eigenvalue weighted by Crippen LogP contribution is 2.30. The molecule has 0 unspecified atom stereocenters. The van der Waals surface area contributed by atoms with Crippen LogP contribution in [-0.2, 0) is 11.2 Å². The smallest absolute Gasteiger partial charge is 0.269 e. The maximum absolute atomic E-state index is 12.1. The molecule has 1 N–H and O–H groups in total. The van der Waals surface area contributed by atoms with Gasteiger partial charge in [-0.15, -0.1) is 6.58 Å². The molecule has 0 fully saturated rings. The summed E-state index contributed by atoms with van der Waals surface area (Å²) >= 11 is 12.0. The van der Waals surface area contributed by atoms with Crippen LogP contribution in [0.2, 0.25) is 10.0 Å². The molecule has 0 aromatic heterocycles. The number of nitro groups is 1. The number of carbonyl (C=O) groups is 1. The van der Waals surface area contributed by atoms with E-state index in [0.29, 0.717) is 33.5 Å². The molecule has 1 amide bonds. The molecule has 0 aliphatic heterocycles. The van der Waals surface area contributed by atoms with Crippen molar-refractivity contribution in [3.63, 3.8) is 0 Å². The van der Waals surface area contributed by atoms with Gasteiger partial charge in [0.1, 0.15) is 5.75 Å². The molecule has 0 saturated heterocycles. The van der Waals surface area contributed by atoms with Crippen LogP contribution < -0.4 is 10.1 Å². The molecule has 0 saturated carbocycles. The van der Waals surface area contributed by atoms with Crippen LogP contribution in [0.15, 0.2) is 49.1 Å². The van der Waals surface area contributed by atoms with Gasteiger partial charge in [-0.05, 0) is 24.6 Å². The van der Waals surface area contributed by atoms with E-state index in [-0.39, 0.29) is 12.3 Å². The van der Waals surface area contributed by atoms with Crippen LogP contribution in [-0.4, -0.2) is 17.4 Å². The minimum absolute atomic E-state index is 0.0588. The topological polar surface area (TPSA) is 81.5 Å². The summed E-state index contributed by atoms with van der Waals surface area (Å²) in [6.07, 6.45) is 1.96. The number of nitrogens with zero attached hydrogens (tertiary/aromatic N) is 1. The predicted molar refractivity (Wildman–Crippen MR) is 97.6 cm³/mol. The van der Waals surface area contributed by atoms with Gasteiger partial charge in [0.15, 0.2) is 6.61 Å². The van der Waals surface area contributed by atoms with Crippen molar-refractivity contribution in [1.29, 1.82) is 0 Å². The third-order valence-electron chi connectivity index (χ3n) is 3.21. The van der Waals surface area contributed by atoms with Gasteiger partial charge in [-0.1, -0.05) is 35.3 Å². The predicted octanol–water partition coefficient (Wildman–Crippen LogP) is 4.65. The number of non-ortho nitro benzene ring substituents is 1. The van der Waals surface area contributed by atoms with E-state index in [0.717, 1.165) is 0 Å². The Hall–Kier alpha value is -2.57. The van der Waals surface area contributed by atoms with E-state index >= 15 is 0 Å². The number of para-hydroxylation sites is 1. The molecule has 8 heteroatoms. The number of hydrogen-bond donors (Lipinski definition) is 1. The number of carbonyl (C=O) groups excluding carboxylic acids is 1. The van der Waals surface area contributed by atoms with Gasteiger partial charge in [-0.3, -0.25) is 14.9 Å². The van der Waals surface area contributed by atoms with Gasteiger partial charge >= 0.3 is 0 Å². The molecule has 6 nitrogen and oxygen atoms in total. The maximum Gasteiger partial charge on any atom is 0.269 e. The Morgan fingerprint density at radius 3 is 2.56 bits per heavy atom. The summed E-state index contributed by atoms with van der Waals surface area (Å²) in [6, 6.07) is 9.01. The molecule has 2 aromatic carbocycles. The van der Waals surface area contributed by atoms with E-state index in [2.05, 4.69) is 11.9 Å². The number of halogens is 2. The van der Waals surface area contributed by atoms with Crippen molar-refractivity contribution in [3.05, 3.63) is 74.8 Å². The van der Waals surface area contributed by atoms with Crippen LogP contribution >= 0.6 is 23.2 Å². The second kappa shape index (κ2) is 8.50. The van der Waals surface area contributed by atoms with Gasteiger partial charge in [-0.25, -0.2) is 0 Å². The van der Waals surface area contributed by atoms with Gasteiger partial charge in [0.25, 0.3) is 11.6 Å². The Bertz CT molecular complexity index is 804. The van der Waals surface area contributed by atoms with E-state index in [4.69, 9.17) is 27.9 Å². The lowest BCUT2D eigenvalue weighted by molar-refractivity contribution is -0.384. The van der Waals surface area contributed by atoms with Crippen molar-refractivity contribution in [2.75, 3.05) is 11.9 Å². The number of nitrogens with one attached hydrogen (secondary N) is 1. The Morgan fingerprint density at radius 2 is 1.96 bits per heavy atom. The van der Waals surface area contributed by atoms with E-state index < -0.39 is 10.8 Å². The average Bonchev–Trinajstić information content (AvgIpc) is 2.57. The van der Waals surface area contributed by atoms with Crippen LogP contribution in [0.4, 0.5) is 11.4 Å². The van der Waals surface area contributed by atoms with E-state index in [1.54, 1.807) is 24.3 Å². The van der Waals surface area contributed by atoms with Crippen molar-refractivity contribution >= 4 is 40.5 Å². The fourth-order valence-electron chi connectivity index (χ4n) is 2.07. The van der Waals surface area contributed by atoms with Crippen molar-refractivity contribution in [1.82, 2.24) is 0 Å². The van der Waals surface area contributed by atoms with E-state index in [1.165, 1.54) is 18.2 Å². The monoisotopic (exact) mass is 380 g/mol. The molecule has 0 radical (unpaired) electrons. The van der Waals surface area contributed by atoms with Gasteiger partial charge in [0.2, 0.25) is 0 Å². The zero-order valence-corrected chi connectivity index (χ0v) is 14.5. The van der Waals surface area contributed by atoms with Crippen LogP contribution in [0.3, 0.4) is 0 Å². The molecular formula is C17H14Cl2N2O4. The summed E-state index contributed by atoms with van der Waals surface area (Å²) < 4.78 is 5.47. The first-order valence-corrected chi connectivity index (χ1v) is 7.93. The Morgan fingerprint density at radius 1 is 1.28 bits per heavy atom. The Balaban J connectivity index is 2.08. The molecule has 0 aliphatic rings. The highest BCUT2D eigenvalue weighted by molar-refractivity contribution is 6.39. The van der Waals surface area contributed by atoms with Crippen molar-refractivity contribution in [2.45, 2.75) is 6.42 Å². The number of hydrogen-bond acceptors (Lipinski definition) is 4. The molecule has 0 bridgehead atoms. The van der Waals surface area contributed by atoms with Gasteiger partial charge < -0.3 is 10.1 Å². The van der Waals surface area contributed by atoms with Crippen molar-refractivity contribution in [3.8, 4) is 5.75 Å². The van der Waals surface area contributed by atoms with Crippen LogP contribution in [0.25, 0.3) is 0 Å². The average molecular weight is 381 g/mol. The normalized spacial score (nSPS) is 10.2. The summed E-state index contributed by atoms with van der Waals surface area (Å²) in [5.74, 6) is -0.0937.